The molecule has 0 bridgehead atoms. The molecule has 4 heterocycles. The Kier molecular flexibility index (Phi) is 15.3. The maximum absolute atomic E-state index is 15.8. The minimum absolute atomic E-state index is 0.0166. The summed E-state index contributed by atoms with van der Waals surface area (Å²) in [5.74, 6) is -8.05. The van der Waals surface area contributed by atoms with Crippen LogP contribution in [0.25, 0.3) is 66.4 Å². The van der Waals surface area contributed by atoms with Crippen molar-refractivity contribution >= 4 is 136 Å². The third-order valence-electron chi connectivity index (χ3n) is 19.9. The van der Waals surface area contributed by atoms with Gasteiger partial charge in [0.25, 0.3) is 0 Å². The molecule has 0 N–H and O–H groups in total. The van der Waals surface area contributed by atoms with Crippen LogP contribution in [-0.4, -0.2) is 58.2 Å². The molecule has 502 valence electrons. The molecule has 10 aromatic carbocycles. The molecule has 16 heteroatoms. The lowest BCUT2D eigenvalue weighted by molar-refractivity contribution is -0.179. The predicted molar refractivity (Wildman–Crippen MR) is 396 cm³/mol. The molecule has 104 heavy (non-hydrogen) atoms. The van der Waals surface area contributed by atoms with Gasteiger partial charge in [-0.05, 0) is 138 Å². The molecule has 6 aliphatic rings. The van der Waals surface area contributed by atoms with Crippen molar-refractivity contribution in [3.05, 3.63) is 341 Å². The van der Waals surface area contributed by atoms with Crippen LogP contribution in [0.1, 0.15) is 83.2 Å². The lowest BCUT2D eigenvalue weighted by Gasteiger charge is -2.42. The van der Waals surface area contributed by atoms with Gasteiger partial charge in [0, 0.05) is 66.1 Å². The Labute approximate surface area is 601 Å². The minimum atomic E-state index is -2.70. The summed E-state index contributed by atoms with van der Waals surface area (Å²) < 4.78 is 38.7. The Bertz CT molecular complexity index is 5360. The first-order valence-corrected chi connectivity index (χ1v) is 35.3. The normalized spacial score (nSPS) is 17.0. The Morgan fingerprint density at radius 3 is 0.885 bits per heavy atom. The smallest absolute Gasteiger partial charge is 0.367 e. The molecule has 0 fully saturated rings. The van der Waals surface area contributed by atoms with Crippen molar-refractivity contribution in [1.29, 1.82) is 0 Å². The fraction of sp³-hybridized carbons (Fsp3) is 0.0909. The third-order valence-corrected chi connectivity index (χ3v) is 22.1. The highest BCUT2D eigenvalue weighted by molar-refractivity contribution is 7.15. The van der Waals surface area contributed by atoms with Crippen LogP contribution in [-0.2, 0) is 64.6 Å². The van der Waals surface area contributed by atoms with Gasteiger partial charge in [-0.2, -0.15) is 0 Å². The van der Waals surface area contributed by atoms with E-state index in [1.807, 2.05) is 109 Å². The summed E-state index contributed by atoms with van der Waals surface area (Å²) in [5, 5.41) is 7.03. The third kappa shape index (κ3) is 10.7. The summed E-state index contributed by atoms with van der Waals surface area (Å²) in [6, 6.07) is 69.4. The standard InChI is InChI=1S/C88H54O14S2/c89-77-65-33-57-29-53-25-13-14-26-54(53)30-58(57)34-66(65)78(90)71(77)41-63-43-75-81(103-63)69-37-62-40-74-70(38-61(62)39-73(69)87(101-75,83(93)97-45-49-17-5-1-6-18-49)84(94)98-46-50-19-7-2-8-20-50)82-76(102-88(74,85(95)99-47-51-21-9-3-10-22-51)86(96)100-48-52-23-11-4-12-24-52)44-64(104-82)42-72-79(91)67-35-59-31-55-27-15-16-28-56(55)32-60(59)36-68(67)80(72)92/h1-44,61-62H,45-48H2. The van der Waals surface area contributed by atoms with Crippen molar-refractivity contribution in [2.75, 3.05) is 0 Å². The van der Waals surface area contributed by atoms with Gasteiger partial charge in [0.2, 0.25) is 0 Å². The van der Waals surface area contributed by atoms with Crippen LogP contribution in [0.15, 0.2) is 277 Å². The SMILES string of the molecule is O=C1C(=Cc2cc3c(s2)C2=CC4C=C5C(=CC4C=C2C(C(=O)OCc2ccccc2)(C(=O)OCc2ccccc2)O3)c2sc(C=C3C(=O)c4cc6cc7ccccc7cc6cc4C3=O)cc2OC5(C(=O)OCc2ccccc2)C(=O)OCc2ccccc2)C(=O)c2cc3cc4ccccc4cc3cc21. The van der Waals surface area contributed by atoms with Gasteiger partial charge in [0.1, 0.15) is 37.9 Å². The largest absolute Gasteiger partial charge is 0.458 e. The zero-order valence-corrected chi connectivity index (χ0v) is 56.6. The second kappa shape index (κ2) is 25.1. The molecule has 2 atom stereocenters. The van der Waals surface area contributed by atoms with Gasteiger partial charge in [-0.3, -0.25) is 19.2 Å². The quantitative estimate of drug-likeness (QED) is 0.0249. The maximum Gasteiger partial charge on any atom is 0.367 e. The molecule has 4 aliphatic carbocycles. The number of allylic oxidation sites excluding steroid dienone is 6. The van der Waals surface area contributed by atoms with E-state index in [1.54, 1.807) is 146 Å². The number of hydrogen-bond acceptors (Lipinski definition) is 16. The van der Waals surface area contributed by atoms with E-state index in [1.165, 1.54) is 12.2 Å². The van der Waals surface area contributed by atoms with Crippen LogP contribution in [0, 0.1) is 11.8 Å². The molecule has 12 aromatic rings. The van der Waals surface area contributed by atoms with Crippen molar-refractivity contribution in [2.45, 2.75) is 37.6 Å². The monoisotopic (exact) mass is 1400 g/mol. The van der Waals surface area contributed by atoms with Crippen LogP contribution in [0.5, 0.6) is 11.5 Å². The number of carbonyl (C=O) groups excluding carboxylic acids is 8. The lowest BCUT2D eigenvalue weighted by atomic mass is 9.68. The Morgan fingerprint density at radius 1 is 0.337 bits per heavy atom. The van der Waals surface area contributed by atoms with Crippen LogP contribution in [0.4, 0.5) is 0 Å². The number of Topliss-reactive ketones (excluding diaryl/α,β-unsaturated/α-hetero) is 4. The van der Waals surface area contributed by atoms with Crippen LogP contribution in [0.3, 0.4) is 0 Å². The van der Waals surface area contributed by atoms with Crippen LogP contribution >= 0.6 is 22.7 Å². The van der Waals surface area contributed by atoms with E-state index in [2.05, 4.69) is 0 Å². The fourth-order valence-corrected chi connectivity index (χ4v) is 16.8. The Balaban J connectivity index is 0.801. The van der Waals surface area contributed by atoms with Crippen molar-refractivity contribution in [1.82, 2.24) is 0 Å². The molecule has 0 spiro atoms. The molecule has 0 saturated heterocycles. The maximum atomic E-state index is 15.8. The van der Waals surface area contributed by atoms with E-state index in [-0.39, 0.29) is 82.5 Å². The van der Waals surface area contributed by atoms with Crippen molar-refractivity contribution < 1.29 is 66.8 Å². The van der Waals surface area contributed by atoms with Gasteiger partial charge in [0.15, 0.2) is 23.1 Å². The molecule has 14 nitrogen and oxygen atoms in total. The van der Waals surface area contributed by atoms with Gasteiger partial charge >= 0.3 is 35.1 Å². The summed E-state index contributed by atoms with van der Waals surface area (Å²) in [6.45, 7) is -1.13. The molecule has 2 aromatic heterocycles. The van der Waals surface area contributed by atoms with Gasteiger partial charge < -0.3 is 28.4 Å². The van der Waals surface area contributed by atoms with E-state index in [4.69, 9.17) is 28.4 Å². The van der Waals surface area contributed by atoms with Gasteiger partial charge in [-0.1, -0.05) is 194 Å². The molecule has 0 radical (unpaired) electrons. The highest BCUT2D eigenvalue weighted by Gasteiger charge is 2.63. The van der Waals surface area contributed by atoms with Crippen molar-refractivity contribution in [2.24, 2.45) is 11.8 Å². The number of rotatable bonds is 14. The van der Waals surface area contributed by atoms with E-state index in [0.717, 1.165) is 65.8 Å². The zero-order chi connectivity index (χ0) is 70.5. The summed E-state index contributed by atoms with van der Waals surface area (Å²) in [7, 11) is 0. The van der Waals surface area contributed by atoms with E-state index < -0.39 is 70.0 Å². The predicted octanol–water partition coefficient (Wildman–Crippen LogP) is 17.2. The van der Waals surface area contributed by atoms with Crippen LogP contribution < -0.4 is 9.47 Å². The van der Waals surface area contributed by atoms with E-state index >= 15 is 19.2 Å². The number of ketones is 4. The van der Waals surface area contributed by atoms with Gasteiger partial charge in [-0.25, -0.2) is 19.2 Å². The van der Waals surface area contributed by atoms with Crippen LogP contribution in [0.2, 0.25) is 0 Å². The number of esters is 4. The fourth-order valence-electron chi connectivity index (χ4n) is 14.7. The van der Waals surface area contributed by atoms with Crippen molar-refractivity contribution in [3.63, 3.8) is 0 Å². The highest BCUT2D eigenvalue weighted by Crippen LogP contribution is 2.58. The average Bonchev–Trinajstić information content (AvgIpc) is 1.12. The number of fused-ring (bicyclic) bond motifs is 13. The van der Waals surface area contributed by atoms with Gasteiger partial charge in [-0.15, -0.1) is 22.7 Å². The first-order chi connectivity index (χ1) is 50.7. The topological polar surface area (TPSA) is 192 Å². The lowest BCUT2D eigenvalue weighted by Crippen LogP contribution is -2.58. The summed E-state index contributed by atoms with van der Waals surface area (Å²) >= 11 is 2.29. The first-order valence-electron chi connectivity index (χ1n) is 33.7. The molecule has 0 amide bonds. The number of hydrogen-bond donors (Lipinski definition) is 0. The second-order valence-corrected chi connectivity index (χ2v) is 28.5. The van der Waals surface area contributed by atoms with E-state index in [0.29, 0.717) is 52.9 Å². The number of benzene rings is 10. The zero-order valence-electron chi connectivity index (χ0n) is 54.9. The molecule has 18 rings (SSSR count). The van der Waals surface area contributed by atoms with E-state index in [9.17, 15) is 19.2 Å². The van der Waals surface area contributed by atoms with Gasteiger partial charge in [0.05, 0.1) is 20.9 Å². The van der Waals surface area contributed by atoms with Crippen molar-refractivity contribution in [3.8, 4) is 11.5 Å². The number of thiophene rings is 2. The summed E-state index contributed by atoms with van der Waals surface area (Å²) in [5.41, 5.74) is -1.52. The summed E-state index contributed by atoms with van der Waals surface area (Å²) in [6.07, 6.45) is 10.1. The Hall–Kier alpha value is -12.8. The molecule has 2 unspecified atom stereocenters. The first kappa shape index (κ1) is 63.4. The average molecular weight is 1400 g/mol. The number of ether oxygens (including phenoxy) is 6. The molecule has 2 aliphatic heterocycles. The molecular weight excluding hydrogens is 1350 g/mol. The Morgan fingerprint density at radius 2 is 0.606 bits per heavy atom. The summed E-state index contributed by atoms with van der Waals surface area (Å²) in [4.78, 5) is 123. The highest BCUT2D eigenvalue weighted by atomic mass is 32.1. The second-order valence-electron chi connectivity index (χ2n) is 26.3. The molecular formula is C88H54O14S2. The minimum Gasteiger partial charge on any atom is -0.458 e. The molecule has 0 saturated carbocycles. The number of carbonyl (C=O) groups is 8.